The molecule has 0 spiro atoms. The zero-order valence-corrected chi connectivity index (χ0v) is 20.1. The average Bonchev–Trinajstić information content (AvgIpc) is 2.92. The van der Waals surface area contributed by atoms with Crippen molar-refractivity contribution >= 4 is 11.8 Å². The molecule has 0 saturated heterocycles. The van der Waals surface area contributed by atoms with Gasteiger partial charge in [0, 0.05) is 12.0 Å². The molecule has 0 heterocycles. The summed E-state index contributed by atoms with van der Waals surface area (Å²) in [5, 5.41) is 2.59. The summed E-state index contributed by atoms with van der Waals surface area (Å²) in [4.78, 5) is 24.7. The summed E-state index contributed by atoms with van der Waals surface area (Å²) < 4.78 is 25.6. The number of ether oxygens (including phenoxy) is 2. The van der Waals surface area contributed by atoms with Crippen LogP contribution in [0.5, 0.6) is 11.5 Å². The van der Waals surface area contributed by atoms with Crippen LogP contribution in [0, 0.1) is 5.82 Å². The molecule has 6 nitrogen and oxygen atoms in total. The normalized spacial score (nSPS) is 11.4. The van der Waals surface area contributed by atoms with E-state index in [0.29, 0.717) is 30.3 Å². The van der Waals surface area contributed by atoms with Gasteiger partial charge in [0.2, 0.25) is 5.91 Å². The highest BCUT2D eigenvalue weighted by Crippen LogP contribution is 2.30. The van der Waals surface area contributed by atoms with Gasteiger partial charge in [-0.3, -0.25) is 9.59 Å². The van der Waals surface area contributed by atoms with E-state index in [9.17, 15) is 14.0 Å². The molecule has 4 rings (SSSR count). The lowest BCUT2D eigenvalue weighted by Crippen LogP contribution is -2.45. The van der Waals surface area contributed by atoms with Crippen molar-refractivity contribution in [3.05, 3.63) is 131 Å². The Hall–Kier alpha value is -4.65. The highest BCUT2D eigenvalue weighted by molar-refractivity contribution is 5.97. The molecular formula is C30H27FN2O4. The molecule has 0 radical (unpaired) electrons. The van der Waals surface area contributed by atoms with Gasteiger partial charge >= 0.3 is 0 Å². The standard InChI is InChI=1S/C30H27FN2O4/c31-25-13-7-12-24(18-25)30(35)33-26(29(32)34)16-23-14-15-27(36-19-21-8-3-1-4-9-21)28(17-23)37-20-22-10-5-2-6-11-22/h1-15,17-18,26H,16,19-20H2,(H2,32,34)(H,33,35)/t26-/m1/s1. The second-order valence-electron chi connectivity index (χ2n) is 8.47. The van der Waals surface area contributed by atoms with Crippen LogP contribution in [0.4, 0.5) is 4.39 Å². The van der Waals surface area contributed by atoms with E-state index in [1.165, 1.54) is 18.2 Å². The Morgan fingerprint density at radius 2 is 1.35 bits per heavy atom. The van der Waals surface area contributed by atoms with Crippen LogP contribution in [0.25, 0.3) is 0 Å². The minimum Gasteiger partial charge on any atom is -0.485 e. The summed E-state index contributed by atoms with van der Waals surface area (Å²) in [7, 11) is 0. The number of benzene rings is 4. The zero-order valence-electron chi connectivity index (χ0n) is 20.1. The zero-order chi connectivity index (χ0) is 26.0. The van der Waals surface area contributed by atoms with Crippen molar-refractivity contribution in [3.8, 4) is 11.5 Å². The summed E-state index contributed by atoms with van der Waals surface area (Å²) in [6.07, 6.45) is 0.122. The molecule has 0 fully saturated rings. The van der Waals surface area contributed by atoms with Gasteiger partial charge in [-0.25, -0.2) is 4.39 Å². The molecule has 0 aliphatic rings. The molecule has 2 amide bonds. The topological polar surface area (TPSA) is 90.7 Å². The molecule has 3 N–H and O–H groups in total. The summed E-state index contributed by atoms with van der Waals surface area (Å²) in [6, 6.07) is 29.0. The average molecular weight is 499 g/mol. The van der Waals surface area contributed by atoms with Gasteiger partial charge in [-0.05, 0) is 47.0 Å². The van der Waals surface area contributed by atoms with E-state index in [2.05, 4.69) is 5.32 Å². The molecule has 0 aromatic heterocycles. The van der Waals surface area contributed by atoms with Crippen molar-refractivity contribution in [2.45, 2.75) is 25.7 Å². The van der Waals surface area contributed by atoms with Crippen molar-refractivity contribution in [3.63, 3.8) is 0 Å². The second-order valence-corrected chi connectivity index (χ2v) is 8.47. The number of nitrogens with two attached hydrogens (primary N) is 1. The van der Waals surface area contributed by atoms with Gasteiger partial charge in [-0.2, -0.15) is 0 Å². The molecule has 37 heavy (non-hydrogen) atoms. The van der Waals surface area contributed by atoms with E-state index >= 15 is 0 Å². The Kier molecular flexibility index (Phi) is 8.49. The maximum atomic E-state index is 13.5. The SMILES string of the molecule is NC(=O)[C@@H](Cc1ccc(OCc2ccccc2)c(OCc2ccccc2)c1)NC(=O)c1cccc(F)c1. The first-order valence-corrected chi connectivity index (χ1v) is 11.8. The van der Waals surface area contributed by atoms with E-state index in [0.717, 1.165) is 17.2 Å². The van der Waals surface area contributed by atoms with Gasteiger partial charge in [0.1, 0.15) is 25.1 Å². The van der Waals surface area contributed by atoms with Crippen molar-refractivity contribution in [1.82, 2.24) is 5.32 Å². The van der Waals surface area contributed by atoms with Gasteiger partial charge in [0.15, 0.2) is 11.5 Å². The Morgan fingerprint density at radius 1 is 0.730 bits per heavy atom. The molecule has 4 aromatic rings. The van der Waals surface area contributed by atoms with Crippen LogP contribution in [0.15, 0.2) is 103 Å². The smallest absolute Gasteiger partial charge is 0.252 e. The third-order valence-electron chi connectivity index (χ3n) is 5.66. The lowest BCUT2D eigenvalue weighted by atomic mass is 10.0. The quantitative estimate of drug-likeness (QED) is 0.311. The Balaban J connectivity index is 1.52. The summed E-state index contributed by atoms with van der Waals surface area (Å²) in [5.41, 5.74) is 8.37. The predicted octanol–water partition coefficient (Wildman–Crippen LogP) is 4.81. The molecule has 4 aromatic carbocycles. The fourth-order valence-electron chi connectivity index (χ4n) is 3.71. The van der Waals surface area contributed by atoms with E-state index in [4.69, 9.17) is 15.2 Å². The number of rotatable bonds is 11. The third kappa shape index (κ3) is 7.41. The van der Waals surface area contributed by atoms with Gasteiger partial charge in [0.25, 0.3) is 5.91 Å². The van der Waals surface area contributed by atoms with Crippen molar-refractivity contribution in [2.24, 2.45) is 5.73 Å². The van der Waals surface area contributed by atoms with Gasteiger partial charge < -0.3 is 20.5 Å². The molecule has 0 unspecified atom stereocenters. The van der Waals surface area contributed by atoms with E-state index < -0.39 is 23.7 Å². The summed E-state index contributed by atoms with van der Waals surface area (Å²) in [5.74, 6) is -0.804. The number of primary amides is 1. The Bertz CT molecular complexity index is 1350. The fraction of sp³-hybridized carbons (Fsp3) is 0.133. The molecule has 7 heteroatoms. The number of nitrogens with one attached hydrogen (secondary N) is 1. The van der Waals surface area contributed by atoms with E-state index in [1.807, 2.05) is 60.7 Å². The Labute approximate surface area is 214 Å². The van der Waals surface area contributed by atoms with Gasteiger partial charge in [-0.15, -0.1) is 0 Å². The first-order chi connectivity index (χ1) is 18.0. The van der Waals surface area contributed by atoms with Crippen LogP contribution in [-0.4, -0.2) is 17.9 Å². The molecule has 1 atom stereocenters. The first-order valence-electron chi connectivity index (χ1n) is 11.8. The fourth-order valence-corrected chi connectivity index (χ4v) is 3.71. The van der Waals surface area contributed by atoms with Crippen LogP contribution in [-0.2, 0) is 24.4 Å². The maximum Gasteiger partial charge on any atom is 0.252 e. The summed E-state index contributed by atoms with van der Waals surface area (Å²) >= 11 is 0. The number of hydrogen-bond donors (Lipinski definition) is 2. The molecule has 0 aliphatic heterocycles. The third-order valence-corrected chi connectivity index (χ3v) is 5.66. The first kappa shape index (κ1) is 25.4. The van der Waals surface area contributed by atoms with Crippen molar-refractivity contribution in [1.29, 1.82) is 0 Å². The maximum absolute atomic E-state index is 13.5. The van der Waals surface area contributed by atoms with Crippen LogP contribution >= 0.6 is 0 Å². The van der Waals surface area contributed by atoms with Crippen LogP contribution in [0.2, 0.25) is 0 Å². The molecular weight excluding hydrogens is 471 g/mol. The number of amides is 2. The number of halogens is 1. The van der Waals surface area contributed by atoms with Crippen LogP contribution < -0.4 is 20.5 Å². The lowest BCUT2D eigenvalue weighted by molar-refractivity contribution is -0.119. The number of carbonyl (C=O) groups is 2. The molecule has 0 aliphatic carbocycles. The monoisotopic (exact) mass is 498 g/mol. The lowest BCUT2D eigenvalue weighted by Gasteiger charge is -2.18. The molecule has 0 bridgehead atoms. The summed E-state index contributed by atoms with van der Waals surface area (Å²) in [6.45, 7) is 0.678. The van der Waals surface area contributed by atoms with Crippen molar-refractivity contribution < 1.29 is 23.5 Å². The molecule has 0 saturated carbocycles. The van der Waals surface area contributed by atoms with Gasteiger partial charge in [0.05, 0.1) is 0 Å². The highest BCUT2D eigenvalue weighted by atomic mass is 19.1. The number of hydrogen-bond acceptors (Lipinski definition) is 4. The predicted molar refractivity (Wildman–Crippen MR) is 139 cm³/mol. The second kappa shape index (κ2) is 12.4. The van der Waals surface area contributed by atoms with E-state index in [-0.39, 0.29) is 12.0 Å². The van der Waals surface area contributed by atoms with Crippen molar-refractivity contribution in [2.75, 3.05) is 0 Å². The van der Waals surface area contributed by atoms with E-state index in [1.54, 1.807) is 18.2 Å². The highest BCUT2D eigenvalue weighted by Gasteiger charge is 2.21. The van der Waals surface area contributed by atoms with Crippen LogP contribution in [0.1, 0.15) is 27.0 Å². The largest absolute Gasteiger partial charge is 0.485 e. The Morgan fingerprint density at radius 3 is 1.95 bits per heavy atom. The molecule has 188 valence electrons. The number of carbonyl (C=O) groups excluding carboxylic acids is 2. The van der Waals surface area contributed by atoms with Gasteiger partial charge in [-0.1, -0.05) is 72.8 Å². The minimum atomic E-state index is -1.01. The minimum absolute atomic E-state index is 0.0998. The van der Waals surface area contributed by atoms with Crippen LogP contribution in [0.3, 0.4) is 0 Å².